The van der Waals surface area contributed by atoms with Crippen LogP contribution in [0.5, 0.6) is 0 Å². The van der Waals surface area contributed by atoms with Crippen molar-refractivity contribution in [2.24, 2.45) is 0 Å². The van der Waals surface area contributed by atoms with Crippen molar-refractivity contribution in [3.63, 3.8) is 0 Å². The topological polar surface area (TPSA) is 95.0 Å². The third-order valence-corrected chi connectivity index (χ3v) is 5.51. The highest BCUT2D eigenvalue weighted by Crippen LogP contribution is 2.18. The zero-order valence-corrected chi connectivity index (χ0v) is 14.5. The first-order chi connectivity index (χ1) is 10.6. The molecule has 0 unspecified atom stereocenters. The van der Waals surface area contributed by atoms with Crippen LogP contribution in [0.3, 0.4) is 0 Å². The smallest absolute Gasteiger partial charge is 0.323 e. The van der Waals surface area contributed by atoms with Gasteiger partial charge in [-0.2, -0.15) is 4.31 Å². The summed E-state index contributed by atoms with van der Waals surface area (Å²) < 4.78 is 26.2. The van der Waals surface area contributed by atoms with E-state index in [4.69, 9.17) is 5.11 Å². The van der Waals surface area contributed by atoms with Gasteiger partial charge in [0.15, 0.2) is 0 Å². The number of benzene rings is 1. The molecule has 0 aliphatic heterocycles. The molecule has 0 spiro atoms. The van der Waals surface area contributed by atoms with Gasteiger partial charge in [0.25, 0.3) is 5.91 Å². The normalized spacial score (nSPS) is 11.7. The maximum absolute atomic E-state index is 12.5. The van der Waals surface area contributed by atoms with Crippen molar-refractivity contribution in [2.45, 2.75) is 31.7 Å². The number of carboxylic acids is 1. The molecule has 8 heteroatoms. The first kappa shape index (κ1) is 19.1. The van der Waals surface area contributed by atoms with Crippen molar-refractivity contribution >= 4 is 21.9 Å². The van der Waals surface area contributed by atoms with Gasteiger partial charge in [-0.3, -0.25) is 9.59 Å². The molecule has 1 rings (SSSR count). The molecule has 0 bridgehead atoms. The molecular weight excluding hydrogens is 320 g/mol. The third kappa shape index (κ3) is 4.52. The highest BCUT2D eigenvalue weighted by Gasteiger charge is 2.25. The van der Waals surface area contributed by atoms with Crippen LogP contribution in [0.1, 0.15) is 31.1 Å². The number of hydrogen-bond acceptors (Lipinski definition) is 4. The minimum Gasteiger partial charge on any atom is -0.480 e. The molecule has 0 atom stereocenters. The van der Waals surface area contributed by atoms with Crippen molar-refractivity contribution in [1.29, 1.82) is 0 Å². The van der Waals surface area contributed by atoms with E-state index in [0.717, 1.165) is 4.90 Å². The van der Waals surface area contributed by atoms with E-state index in [1.54, 1.807) is 20.8 Å². The van der Waals surface area contributed by atoms with E-state index >= 15 is 0 Å². The Hall–Kier alpha value is -1.93. The van der Waals surface area contributed by atoms with Gasteiger partial charge in [-0.15, -0.1) is 0 Å². The maximum Gasteiger partial charge on any atom is 0.323 e. The fraction of sp³-hybridized carbons (Fsp3) is 0.467. The number of likely N-dealkylation sites (N-methyl/N-ethyl adjacent to an activating group) is 1. The van der Waals surface area contributed by atoms with E-state index in [1.165, 1.54) is 35.6 Å². The van der Waals surface area contributed by atoms with E-state index in [2.05, 4.69) is 0 Å². The van der Waals surface area contributed by atoms with Crippen molar-refractivity contribution in [1.82, 2.24) is 9.21 Å². The lowest BCUT2D eigenvalue weighted by Crippen LogP contribution is -2.36. The van der Waals surface area contributed by atoms with Crippen LogP contribution in [0, 0.1) is 0 Å². The minimum atomic E-state index is -3.70. The Bertz CT molecular complexity index is 685. The van der Waals surface area contributed by atoms with Gasteiger partial charge in [-0.25, -0.2) is 8.42 Å². The number of carboxylic acid groups (broad SMARTS) is 1. The summed E-state index contributed by atoms with van der Waals surface area (Å²) in [5, 5.41) is 8.83. The average Bonchev–Trinajstić information content (AvgIpc) is 2.50. The monoisotopic (exact) mass is 342 g/mol. The SMILES string of the molecule is CCN(CC(=O)O)C(=O)c1cccc(S(=O)(=O)N(C)C(C)C)c1. The van der Waals surface area contributed by atoms with Gasteiger partial charge in [0.1, 0.15) is 6.54 Å². The van der Waals surface area contributed by atoms with Crippen LogP contribution in [0.25, 0.3) is 0 Å². The summed E-state index contributed by atoms with van der Waals surface area (Å²) in [4.78, 5) is 24.3. The van der Waals surface area contributed by atoms with Crippen LogP contribution in [-0.4, -0.2) is 60.8 Å². The van der Waals surface area contributed by atoms with Gasteiger partial charge in [0, 0.05) is 25.2 Å². The Labute approximate surface area is 136 Å². The molecule has 0 radical (unpaired) electrons. The van der Waals surface area contributed by atoms with Crippen molar-refractivity contribution in [3.05, 3.63) is 29.8 Å². The molecule has 0 aliphatic carbocycles. The molecule has 0 saturated carbocycles. The van der Waals surface area contributed by atoms with E-state index in [1.807, 2.05) is 0 Å². The lowest BCUT2D eigenvalue weighted by Gasteiger charge is -2.22. The Kier molecular flexibility index (Phi) is 6.28. The molecular formula is C15H22N2O5S. The fourth-order valence-electron chi connectivity index (χ4n) is 1.91. The summed E-state index contributed by atoms with van der Waals surface area (Å²) in [7, 11) is -2.23. The second-order valence-electron chi connectivity index (χ2n) is 5.36. The Balaban J connectivity index is 3.19. The predicted octanol–water partition coefficient (Wildman–Crippen LogP) is 1.26. The number of sulfonamides is 1. The molecule has 1 N–H and O–H groups in total. The minimum absolute atomic E-state index is 0.00549. The summed E-state index contributed by atoms with van der Waals surface area (Å²) in [6.45, 7) is 4.94. The van der Waals surface area contributed by atoms with Crippen LogP contribution in [-0.2, 0) is 14.8 Å². The first-order valence-corrected chi connectivity index (χ1v) is 8.64. The largest absolute Gasteiger partial charge is 0.480 e. The standard InChI is InChI=1S/C15H22N2O5S/c1-5-17(10-14(18)19)15(20)12-7-6-8-13(9-12)23(21,22)16(4)11(2)3/h6-9,11H,5,10H2,1-4H3,(H,18,19). The maximum atomic E-state index is 12.5. The molecule has 23 heavy (non-hydrogen) atoms. The lowest BCUT2D eigenvalue weighted by molar-refractivity contribution is -0.137. The van der Waals surface area contributed by atoms with E-state index in [-0.39, 0.29) is 23.0 Å². The summed E-state index contributed by atoms with van der Waals surface area (Å²) in [5.41, 5.74) is 0.145. The van der Waals surface area contributed by atoms with Crippen LogP contribution in [0.15, 0.2) is 29.2 Å². The second kappa shape index (κ2) is 7.56. The number of aliphatic carboxylic acids is 1. The summed E-state index contributed by atoms with van der Waals surface area (Å²) in [6, 6.07) is 5.42. The number of rotatable bonds is 7. The fourth-order valence-corrected chi connectivity index (χ4v) is 3.32. The van der Waals surface area contributed by atoms with Gasteiger partial charge in [-0.05, 0) is 39.0 Å². The quantitative estimate of drug-likeness (QED) is 0.805. The first-order valence-electron chi connectivity index (χ1n) is 7.20. The van der Waals surface area contributed by atoms with Crippen molar-refractivity contribution in [3.8, 4) is 0 Å². The zero-order valence-electron chi connectivity index (χ0n) is 13.7. The number of hydrogen-bond donors (Lipinski definition) is 1. The second-order valence-corrected chi connectivity index (χ2v) is 7.35. The third-order valence-electron chi connectivity index (χ3n) is 3.48. The number of nitrogens with zero attached hydrogens (tertiary/aromatic N) is 2. The Morgan fingerprint density at radius 1 is 1.26 bits per heavy atom. The molecule has 0 heterocycles. The van der Waals surface area contributed by atoms with Crippen LogP contribution >= 0.6 is 0 Å². The zero-order chi connectivity index (χ0) is 17.8. The molecule has 0 aromatic heterocycles. The lowest BCUT2D eigenvalue weighted by atomic mass is 10.2. The summed E-state index contributed by atoms with van der Waals surface area (Å²) in [6.07, 6.45) is 0. The van der Waals surface area contributed by atoms with Gasteiger partial charge < -0.3 is 10.0 Å². The number of carbonyl (C=O) groups is 2. The molecule has 1 aromatic carbocycles. The van der Waals surface area contributed by atoms with Crippen LogP contribution < -0.4 is 0 Å². The predicted molar refractivity (Wildman–Crippen MR) is 85.7 cm³/mol. The van der Waals surface area contributed by atoms with Gasteiger partial charge in [0.2, 0.25) is 10.0 Å². The van der Waals surface area contributed by atoms with E-state index in [9.17, 15) is 18.0 Å². The molecule has 0 saturated heterocycles. The van der Waals surface area contributed by atoms with Crippen LogP contribution in [0.2, 0.25) is 0 Å². The molecule has 1 aromatic rings. The molecule has 0 aliphatic rings. The van der Waals surface area contributed by atoms with Gasteiger partial charge >= 0.3 is 5.97 Å². The van der Waals surface area contributed by atoms with Gasteiger partial charge in [-0.1, -0.05) is 6.07 Å². The number of amides is 1. The summed E-state index contributed by atoms with van der Waals surface area (Å²) >= 11 is 0. The molecule has 128 valence electrons. The summed E-state index contributed by atoms with van der Waals surface area (Å²) in [5.74, 6) is -1.64. The Morgan fingerprint density at radius 2 is 1.87 bits per heavy atom. The van der Waals surface area contributed by atoms with Crippen LogP contribution in [0.4, 0.5) is 0 Å². The molecule has 7 nitrogen and oxygen atoms in total. The van der Waals surface area contributed by atoms with E-state index in [0.29, 0.717) is 0 Å². The molecule has 1 amide bonds. The highest BCUT2D eigenvalue weighted by atomic mass is 32.2. The highest BCUT2D eigenvalue weighted by molar-refractivity contribution is 7.89. The van der Waals surface area contributed by atoms with Crippen molar-refractivity contribution in [2.75, 3.05) is 20.1 Å². The Morgan fingerprint density at radius 3 is 2.35 bits per heavy atom. The van der Waals surface area contributed by atoms with E-state index < -0.39 is 28.4 Å². The van der Waals surface area contributed by atoms with Crippen molar-refractivity contribution < 1.29 is 23.1 Å². The molecule has 0 fully saturated rings. The van der Waals surface area contributed by atoms with Gasteiger partial charge in [0.05, 0.1) is 4.90 Å². The average molecular weight is 342 g/mol. The number of carbonyl (C=O) groups excluding carboxylic acids is 1.